The van der Waals surface area contributed by atoms with Crippen LogP contribution in [-0.4, -0.2) is 12.2 Å². The SMILES string of the molecule is COc1ccc(C(O)c2ccc(Br)cc2)cc1. The van der Waals surface area contributed by atoms with E-state index < -0.39 is 6.10 Å². The van der Waals surface area contributed by atoms with Gasteiger partial charge in [0, 0.05) is 4.47 Å². The maximum absolute atomic E-state index is 10.2. The first-order valence-corrected chi connectivity index (χ1v) is 6.07. The molecule has 0 aromatic heterocycles. The molecule has 2 nitrogen and oxygen atoms in total. The third kappa shape index (κ3) is 2.87. The fourth-order valence-corrected chi connectivity index (χ4v) is 1.89. The van der Waals surface area contributed by atoms with Crippen molar-refractivity contribution >= 4 is 15.9 Å². The van der Waals surface area contributed by atoms with Crippen LogP contribution in [0.1, 0.15) is 17.2 Å². The maximum atomic E-state index is 10.2. The number of benzene rings is 2. The van der Waals surface area contributed by atoms with Crippen LogP contribution < -0.4 is 4.74 Å². The second-order valence-corrected chi connectivity index (χ2v) is 4.64. The van der Waals surface area contributed by atoms with Crippen LogP contribution in [0.3, 0.4) is 0 Å². The van der Waals surface area contributed by atoms with Gasteiger partial charge < -0.3 is 9.84 Å². The zero-order valence-corrected chi connectivity index (χ0v) is 11.0. The van der Waals surface area contributed by atoms with Gasteiger partial charge in [-0.3, -0.25) is 0 Å². The summed E-state index contributed by atoms with van der Waals surface area (Å²) in [4.78, 5) is 0. The molecule has 0 radical (unpaired) electrons. The molecule has 2 aromatic rings. The molecule has 1 atom stereocenters. The Kier molecular flexibility index (Phi) is 3.82. The Morgan fingerprint density at radius 2 is 1.41 bits per heavy atom. The van der Waals surface area contributed by atoms with Crippen molar-refractivity contribution in [1.29, 1.82) is 0 Å². The van der Waals surface area contributed by atoms with Crippen LogP contribution >= 0.6 is 15.9 Å². The summed E-state index contributed by atoms with van der Waals surface area (Å²) in [6.45, 7) is 0. The predicted molar refractivity (Wildman–Crippen MR) is 71.2 cm³/mol. The van der Waals surface area contributed by atoms with Crippen LogP contribution in [0.5, 0.6) is 5.75 Å². The van der Waals surface area contributed by atoms with Gasteiger partial charge in [-0.05, 0) is 35.4 Å². The minimum Gasteiger partial charge on any atom is -0.497 e. The van der Waals surface area contributed by atoms with Gasteiger partial charge >= 0.3 is 0 Å². The highest BCUT2D eigenvalue weighted by Crippen LogP contribution is 2.24. The summed E-state index contributed by atoms with van der Waals surface area (Å²) in [5.41, 5.74) is 1.73. The summed E-state index contributed by atoms with van der Waals surface area (Å²) in [5, 5.41) is 10.2. The molecule has 0 aliphatic rings. The highest BCUT2D eigenvalue weighted by Gasteiger charge is 2.09. The average Bonchev–Trinajstić information content (AvgIpc) is 2.39. The van der Waals surface area contributed by atoms with Gasteiger partial charge in [0.05, 0.1) is 7.11 Å². The fourth-order valence-electron chi connectivity index (χ4n) is 1.62. The summed E-state index contributed by atoms with van der Waals surface area (Å²) in [6.07, 6.45) is -0.603. The van der Waals surface area contributed by atoms with E-state index in [1.165, 1.54) is 0 Å². The smallest absolute Gasteiger partial charge is 0.118 e. The number of methoxy groups -OCH3 is 1. The van der Waals surface area contributed by atoms with E-state index in [4.69, 9.17) is 4.74 Å². The molecule has 0 amide bonds. The zero-order valence-electron chi connectivity index (χ0n) is 9.43. The summed E-state index contributed by atoms with van der Waals surface area (Å²) in [6, 6.07) is 15.1. The molecule has 0 saturated heterocycles. The monoisotopic (exact) mass is 292 g/mol. The van der Waals surface area contributed by atoms with Gasteiger partial charge in [-0.2, -0.15) is 0 Å². The first-order valence-electron chi connectivity index (χ1n) is 5.28. The van der Waals surface area contributed by atoms with E-state index in [9.17, 15) is 5.11 Å². The van der Waals surface area contributed by atoms with Crippen molar-refractivity contribution in [3.63, 3.8) is 0 Å². The van der Waals surface area contributed by atoms with Crippen LogP contribution in [0.15, 0.2) is 53.0 Å². The lowest BCUT2D eigenvalue weighted by molar-refractivity contribution is 0.220. The molecule has 1 unspecified atom stereocenters. The van der Waals surface area contributed by atoms with Crippen molar-refractivity contribution in [2.45, 2.75) is 6.10 Å². The maximum Gasteiger partial charge on any atom is 0.118 e. The summed E-state index contributed by atoms with van der Waals surface area (Å²) < 4.78 is 6.09. The number of aliphatic hydroxyl groups excluding tert-OH is 1. The average molecular weight is 293 g/mol. The standard InChI is InChI=1S/C14H13BrO2/c1-17-13-8-4-11(5-9-13)14(16)10-2-6-12(15)7-3-10/h2-9,14,16H,1H3. The molecule has 0 saturated carbocycles. The number of hydrogen-bond acceptors (Lipinski definition) is 2. The van der Waals surface area contributed by atoms with Crippen LogP contribution in [0.2, 0.25) is 0 Å². The lowest BCUT2D eigenvalue weighted by Crippen LogP contribution is -1.99. The molecule has 17 heavy (non-hydrogen) atoms. The van der Waals surface area contributed by atoms with Gasteiger partial charge in [-0.15, -0.1) is 0 Å². The molecule has 2 aromatic carbocycles. The van der Waals surface area contributed by atoms with E-state index >= 15 is 0 Å². The number of hydrogen-bond donors (Lipinski definition) is 1. The van der Waals surface area contributed by atoms with Gasteiger partial charge in [-0.1, -0.05) is 40.2 Å². The molecule has 1 N–H and O–H groups in total. The van der Waals surface area contributed by atoms with E-state index in [0.29, 0.717) is 0 Å². The van der Waals surface area contributed by atoms with E-state index in [1.807, 2.05) is 48.5 Å². The second-order valence-electron chi connectivity index (χ2n) is 3.73. The van der Waals surface area contributed by atoms with Crippen LogP contribution in [-0.2, 0) is 0 Å². The van der Waals surface area contributed by atoms with Crippen LogP contribution in [0, 0.1) is 0 Å². The molecule has 0 heterocycles. The van der Waals surface area contributed by atoms with Crippen LogP contribution in [0.4, 0.5) is 0 Å². The van der Waals surface area contributed by atoms with Gasteiger partial charge in [0.2, 0.25) is 0 Å². The summed E-state index contributed by atoms with van der Waals surface area (Å²) >= 11 is 3.37. The minimum atomic E-state index is -0.603. The molecule has 0 aliphatic carbocycles. The molecule has 0 bridgehead atoms. The number of aliphatic hydroxyl groups is 1. The number of rotatable bonds is 3. The third-order valence-electron chi connectivity index (χ3n) is 2.62. The molecular formula is C14H13BrO2. The van der Waals surface area contributed by atoms with Gasteiger partial charge in [0.1, 0.15) is 11.9 Å². The molecule has 3 heteroatoms. The van der Waals surface area contributed by atoms with Crippen molar-refractivity contribution in [3.05, 3.63) is 64.1 Å². The minimum absolute atomic E-state index is 0.603. The fraction of sp³-hybridized carbons (Fsp3) is 0.143. The Balaban J connectivity index is 2.23. The molecule has 0 spiro atoms. The number of ether oxygens (including phenoxy) is 1. The number of halogens is 1. The quantitative estimate of drug-likeness (QED) is 0.938. The first-order chi connectivity index (χ1) is 8.20. The normalized spacial score (nSPS) is 12.2. The van der Waals surface area contributed by atoms with Crippen molar-refractivity contribution in [3.8, 4) is 5.75 Å². The van der Waals surface area contributed by atoms with Crippen LogP contribution in [0.25, 0.3) is 0 Å². The molecule has 2 rings (SSSR count). The zero-order chi connectivity index (χ0) is 12.3. The van der Waals surface area contributed by atoms with Gasteiger partial charge in [-0.25, -0.2) is 0 Å². The summed E-state index contributed by atoms with van der Waals surface area (Å²) in [5.74, 6) is 0.789. The van der Waals surface area contributed by atoms with Gasteiger partial charge in [0.15, 0.2) is 0 Å². The molecule has 88 valence electrons. The Hall–Kier alpha value is -1.32. The Morgan fingerprint density at radius 1 is 0.941 bits per heavy atom. The van der Waals surface area contributed by atoms with Crippen molar-refractivity contribution in [2.75, 3.05) is 7.11 Å². The largest absolute Gasteiger partial charge is 0.497 e. The molecule has 0 aliphatic heterocycles. The van der Waals surface area contributed by atoms with Crippen molar-refractivity contribution in [2.24, 2.45) is 0 Å². The molecular weight excluding hydrogens is 280 g/mol. The van der Waals surface area contributed by atoms with Crippen molar-refractivity contribution in [1.82, 2.24) is 0 Å². The Morgan fingerprint density at radius 3 is 1.88 bits per heavy atom. The topological polar surface area (TPSA) is 29.5 Å². The van der Waals surface area contributed by atoms with E-state index in [0.717, 1.165) is 21.3 Å². The highest BCUT2D eigenvalue weighted by molar-refractivity contribution is 9.10. The lowest BCUT2D eigenvalue weighted by atomic mass is 10.0. The second kappa shape index (κ2) is 5.34. The predicted octanol–water partition coefficient (Wildman–Crippen LogP) is 3.54. The molecule has 0 fully saturated rings. The Bertz CT molecular complexity index is 477. The van der Waals surface area contributed by atoms with E-state index in [2.05, 4.69) is 15.9 Å². The van der Waals surface area contributed by atoms with E-state index in [1.54, 1.807) is 7.11 Å². The van der Waals surface area contributed by atoms with Gasteiger partial charge in [0.25, 0.3) is 0 Å². The lowest BCUT2D eigenvalue weighted by Gasteiger charge is -2.12. The Labute approximate surface area is 109 Å². The highest BCUT2D eigenvalue weighted by atomic mass is 79.9. The van der Waals surface area contributed by atoms with Crippen molar-refractivity contribution < 1.29 is 9.84 Å². The first kappa shape index (κ1) is 12.1. The summed E-state index contributed by atoms with van der Waals surface area (Å²) in [7, 11) is 1.63. The third-order valence-corrected chi connectivity index (χ3v) is 3.15. The van der Waals surface area contributed by atoms with E-state index in [-0.39, 0.29) is 0 Å².